The number of nitrogens with zero attached hydrogens (tertiary/aromatic N) is 2. The summed E-state index contributed by atoms with van der Waals surface area (Å²) in [6.07, 6.45) is 20.6. The van der Waals surface area contributed by atoms with Gasteiger partial charge in [-0.2, -0.15) is 0 Å². The van der Waals surface area contributed by atoms with Crippen molar-refractivity contribution in [1.29, 1.82) is 0 Å². The van der Waals surface area contributed by atoms with Crippen LogP contribution in [0.25, 0.3) is 0 Å². The van der Waals surface area contributed by atoms with Crippen LogP contribution >= 0.6 is 0 Å². The van der Waals surface area contributed by atoms with Crippen molar-refractivity contribution in [3.63, 3.8) is 0 Å². The Morgan fingerprint density at radius 3 is 1.38 bits per heavy atom. The molecule has 0 amide bonds. The van der Waals surface area contributed by atoms with E-state index in [-0.39, 0.29) is 16.5 Å². The molecule has 0 spiro atoms. The zero-order valence-corrected chi connectivity index (χ0v) is 27.7. The first-order chi connectivity index (χ1) is 19.1. The van der Waals surface area contributed by atoms with Gasteiger partial charge < -0.3 is 0 Å². The fourth-order valence-corrected chi connectivity index (χ4v) is 5.24. The van der Waals surface area contributed by atoms with E-state index in [0.717, 1.165) is 42.1 Å². The Bertz CT molecular complexity index is 1020. The molecule has 0 radical (unpaired) electrons. The summed E-state index contributed by atoms with van der Waals surface area (Å²) >= 11 is 0. The van der Waals surface area contributed by atoms with Gasteiger partial charge in [0.25, 0.3) is 0 Å². The van der Waals surface area contributed by atoms with Crippen LogP contribution in [0.4, 0.5) is 11.4 Å². The van der Waals surface area contributed by atoms with Gasteiger partial charge >= 0.3 is 0 Å². The first-order valence-electron chi connectivity index (χ1n) is 16.4. The average molecular weight is 590 g/mol. The maximum atomic E-state index is 5.26. The molecule has 40 heavy (non-hydrogen) atoms. The minimum absolute atomic E-state index is 0. The molecule has 226 valence electrons. The third-order valence-corrected chi connectivity index (χ3v) is 7.82. The summed E-state index contributed by atoms with van der Waals surface area (Å²) in [7, 11) is 0. The van der Waals surface area contributed by atoms with Gasteiger partial charge in [-0.3, -0.25) is 9.98 Å². The molecule has 0 heterocycles. The van der Waals surface area contributed by atoms with Crippen molar-refractivity contribution in [3.8, 4) is 0 Å². The predicted octanol–water partition coefficient (Wildman–Crippen LogP) is 11.9. The predicted molar refractivity (Wildman–Crippen MR) is 176 cm³/mol. The van der Waals surface area contributed by atoms with Gasteiger partial charge in [-0.1, -0.05) is 91.7 Å². The smallest absolute Gasteiger partial charge is 0.0636 e. The average Bonchev–Trinajstić information content (AvgIpc) is 2.95. The Morgan fingerprint density at radius 2 is 0.925 bits per heavy atom. The zero-order valence-electron chi connectivity index (χ0n) is 26.7. The molecule has 0 aliphatic carbocycles. The number of aliphatic imine (C=N–C) groups is 2. The second kappa shape index (κ2) is 21.9. The number of hydrogen-bond donors (Lipinski definition) is 0. The Hall–Kier alpha value is -1.73. The summed E-state index contributed by atoms with van der Waals surface area (Å²) in [4.78, 5) is 10.4. The molecule has 0 bridgehead atoms. The Balaban J connectivity index is 0.00000800. The van der Waals surface area contributed by atoms with Crippen LogP contribution in [0.15, 0.2) is 46.4 Å². The number of benzene rings is 2. The summed E-state index contributed by atoms with van der Waals surface area (Å²) in [5, 5.41) is 0. The van der Waals surface area contributed by atoms with E-state index in [9.17, 15) is 0 Å². The standard InChI is InChI=1S/C37H58N2.Ni/c1-7-12-17-18-23-37(39-36-27-25-32(20-14-9-3)34(29-36)22-16-11-5)30(6)38-35-26-24-31(19-13-8-2)33(28-35)21-15-10-4;/h24-29H,7-23H2,1-6H3;/b38-30+,39-37+;. The molecule has 0 aliphatic rings. The SMILES string of the molecule is CCCCCCC(=N\c1ccc(CCCC)c(CCCC)c1)/C(C)=N/c1ccc(CCCC)c(CCCC)c1.[Ni]. The molecule has 2 aromatic carbocycles. The van der Waals surface area contributed by atoms with Gasteiger partial charge in [0.2, 0.25) is 0 Å². The molecular weight excluding hydrogens is 531 g/mol. The maximum absolute atomic E-state index is 5.26. The van der Waals surface area contributed by atoms with E-state index in [1.54, 1.807) is 0 Å². The molecule has 2 aromatic rings. The second-order valence-electron chi connectivity index (χ2n) is 11.4. The summed E-state index contributed by atoms with van der Waals surface area (Å²) in [5.74, 6) is 0. The Kier molecular flexibility index (Phi) is 19.9. The number of unbranched alkanes of at least 4 members (excludes halogenated alkanes) is 7. The van der Waals surface area contributed by atoms with E-state index < -0.39 is 0 Å². The van der Waals surface area contributed by atoms with Crippen LogP contribution in [-0.2, 0) is 42.2 Å². The van der Waals surface area contributed by atoms with Crippen LogP contribution in [0, 0.1) is 0 Å². The van der Waals surface area contributed by atoms with Crippen LogP contribution in [0.2, 0.25) is 0 Å². The maximum Gasteiger partial charge on any atom is 0.0636 e. The molecule has 2 nitrogen and oxygen atoms in total. The largest absolute Gasteiger partial charge is 0.252 e. The van der Waals surface area contributed by atoms with Crippen molar-refractivity contribution in [2.45, 2.75) is 151 Å². The van der Waals surface area contributed by atoms with E-state index in [0.29, 0.717) is 0 Å². The normalized spacial score (nSPS) is 12.1. The third-order valence-electron chi connectivity index (χ3n) is 7.82. The van der Waals surface area contributed by atoms with E-state index in [4.69, 9.17) is 9.98 Å². The van der Waals surface area contributed by atoms with Gasteiger partial charge in [0.1, 0.15) is 0 Å². The molecule has 0 N–H and O–H groups in total. The topological polar surface area (TPSA) is 24.7 Å². The van der Waals surface area contributed by atoms with Crippen molar-refractivity contribution >= 4 is 22.8 Å². The third kappa shape index (κ3) is 13.3. The molecule has 0 aliphatic heterocycles. The van der Waals surface area contributed by atoms with Crippen LogP contribution in [0.3, 0.4) is 0 Å². The quantitative estimate of drug-likeness (QED) is 0.0834. The van der Waals surface area contributed by atoms with E-state index in [1.807, 2.05) is 0 Å². The van der Waals surface area contributed by atoms with Crippen molar-refractivity contribution in [1.82, 2.24) is 0 Å². The summed E-state index contributed by atoms with van der Waals surface area (Å²) in [6.45, 7) is 13.6. The summed E-state index contributed by atoms with van der Waals surface area (Å²) in [6, 6.07) is 13.9. The van der Waals surface area contributed by atoms with Crippen molar-refractivity contribution in [3.05, 3.63) is 58.7 Å². The number of hydrogen-bond acceptors (Lipinski definition) is 2. The summed E-state index contributed by atoms with van der Waals surface area (Å²) < 4.78 is 0. The van der Waals surface area contributed by atoms with Crippen LogP contribution < -0.4 is 0 Å². The molecule has 2 rings (SSSR count). The zero-order chi connectivity index (χ0) is 28.3. The van der Waals surface area contributed by atoms with E-state index in [1.165, 1.54) is 112 Å². The first-order valence-corrected chi connectivity index (χ1v) is 16.4. The van der Waals surface area contributed by atoms with Gasteiger partial charge in [0.15, 0.2) is 0 Å². The molecule has 0 atom stereocenters. The van der Waals surface area contributed by atoms with Crippen molar-refractivity contribution in [2.75, 3.05) is 0 Å². The number of aryl methyl sites for hydroxylation is 4. The van der Waals surface area contributed by atoms with Gasteiger partial charge in [-0.05, 0) is 118 Å². The fourth-order valence-electron chi connectivity index (χ4n) is 5.24. The first kappa shape index (κ1) is 36.3. The molecule has 3 heteroatoms. The molecule has 0 saturated carbocycles. The molecule has 0 fully saturated rings. The monoisotopic (exact) mass is 588 g/mol. The van der Waals surface area contributed by atoms with E-state index >= 15 is 0 Å². The van der Waals surface area contributed by atoms with Gasteiger partial charge in [0.05, 0.1) is 22.8 Å². The molecule has 0 saturated heterocycles. The Labute approximate surface area is 257 Å². The minimum Gasteiger partial charge on any atom is -0.252 e. The molecule has 0 aromatic heterocycles. The van der Waals surface area contributed by atoms with Crippen molar-refractivity contribution < 1.29 is 16.5 Å². The van der Waals surface area contributed by atoms with Crippen LogP contribution in [0.1, 0.15) is 147 Å². The van der Waals surface area contributed by atoms with Gasteiger partial charge in [-0.25, -0.2) is 0 Å². The van der Waals surface area contributed by atoms with Gasteiger partial charge in [-0.15, -0.1) is 0 Å². The molecular formula is C37H58N2Ni. The second-order valence-corrected chi connectivity index (χ2v) is 11.4. The van der Waals surface area contributed by atoms with Crippen LogP contribution in [-0.4, -0.2) is 11.4 Å². The molecule has 0 unspecified atom stereocenters. The van der Waals surface area contributed by atoms with Crippen LogP contribution in [0.5, 0.6) is 0 Å². The Morgan fingerprint density at radius 1 is 0.500 bits per heavy atom. The number of rotatable bonds is 20. The minimum atomic E-state index is 0. The van der Waals surface area contributed by atoms with Crippen molar-refractivity contribution in [2.24, 2.45) is 9.98 Å². The fraction of sp³-hybridized carbons (Fsp3) is 0.622. The van der Waals surface area contributed by atoms with E-state index in [2.05, 4.69) is 77.9 Å². The van der Waals surface area contributed by atoms with Gasteiger partial charge in [0, 0.05) is 16.5 Å². The summed E-state index contributed by atoms with van der Waals surface area (Å²) in [5.41, 5.74) is 10.4.